The molecular weight excluding hydrogens is 329 g/mol. The van der Waals surface area contributed by atoms with Crippen LogP contribution in [0.4, 0.5) is 18.0 Å². The molecule has 24 heavy (non-hydrogen) atoms. The summed E-state index contributed by atoms with van der Waals surface area (Å²) in [5.74, 6) is -4.33. The normalized spacial score (nSPS) is 21.0. The van der Waals surface area contributed by atoms with Gasteiger partial charge in [0.1, 0.15) is 5.76 Å². The fraction of sp³-hybridized carbons (Fsp3) is 0.333. The summed E-state index contributed by atoms with van der Waals surface area (Å²) in [6.07, 6.45) is -0.716. The number of aromatic nitrogens is 1. The Balaban J connectivity index is 1.96. The molecule has 0 radical (unpaired) electrons. The number of nitrogens with one attached hydrogen (secondary N) is 1. The fourth-order valence-corrected chi connectivity index (χ4v) is 3.03. The number of rotatable bonds is 2. The van der Waals surface area contributed by atoms with Crippen molar-refractivity contribution in [2.24, 2.45) is 0 Å². The van der Waals surface area contributed by atoms with Gasteiger partial charge in [-0.2, -0.15) is 5.16 Å². The van der Waals surface area contributed by atoms with Gasteiger partial charge in [0.05, 0.1) is 6.04 Å². The standard InChI is InChI=1S/C15H13F3N2O4/c16-9-3-8(4-10(17)14(9)18)11-5-7(1-2-20(11)15(22)23)12-6-13(21)19-24-12/h3-4,6-7,11H,1-2,5H2,(H,19,21)(H,22,23)/t7-,11-/m1/s1. The molecule has 0 bridgehead atoms. The van der Waals surface area contributed by atoms with Gasteiger partial charge in [0.15, 0.2) is 17.5 Å². The van der Waals surface area contributed by atoms with Crippen LogP contribution in [0.25, 0.3) is 0 Å². The van der Waals surface area contributed by atoms with Gasteiger partial charge in [0.2, 0.25) is 0 Å². The summed E-state index contributed by atoms with van der Waals surface area (Å²) in [6, 6.07) is 1.94. The number of H-pyrrole nitrogens is 1. The highest BCUT2D eigenvalue weighted by molar-refractivity contribution is 5.66. The molecule has 0 saturated carbocycles. The number of piperidine rings is 1. The van der Waals surface area contributed by atoms with Crippen molar-refractivity contribution in [1.82, 2.24) is 10.1 Å². The minimum absolute atomic E-state index is 0.0105. The number of likely N-dealkylation sites (tertiary alicyclic amines) is 1. The van der Waals surface area contributed by atoms with E-state index in [2.05, 4.69) is 5.16 Å². The molecule has 3 rings (SSSR count). The zero-order chi connectivity index (χ0) is 17.4. The molecule has 9 heteroatoms. The SMILES string of the molecule is O=C(O)N1CC[C@@H](c2cc(=O)[nH]o2)C[C@@H]1c1cc(F)c(F)c(F)c1. The van der Waals surface area contributed by atoms with Crippen molar-refractivity contribution in [3.05, 3.63) is 57.3 Å². The molecule has 128 valence electrons. The smallest absolute Gasteiger partial charge is 0.407 e. The van der Waals surface area contributed by atoms with Crippen LogP contribution in [0.15, 0.2) is 27.5 Å². The number of carboxylic acid groups (broad SMARTS) is 1. The summed E-state index contributed by atoms with van der Waals surface area (Å²) < 4.78 is 45.2. The van der Waals surface area contributed by atoms with Crippen LogP contribution in [0, 0.1) is 17.5 Å². The quantitative estimate of drug-likeness (QED) is 0.822. The third kappa shape index (κ3) is 2.89. The summed E-state index contributed by atoms with van der Waals surface area (Å²) in [5.41, 5.74) is -0.419. The molecule has 1 aliphatic rings. The molecule has 1 fully saturated rings. The first kappa shape index (κ1) is 16.2. The maximum atomic E-state index is 13.5. The molecule has 1 saturated heterocycles. The van der Waals surface area contributed by atoms with Gasteiger partial charge in [-0.15, -0.1) is 0 Å². The first-order valence-electron chi connectivity index (χ1n) is 7.19. The molecule has 2 heterocycles. The van der Waals surface area contributed by atoms with E-state index >= 15 is 0 Å². The van der Waals surface area contributed by atoms with E-state index in [0.717, 1.165) is 17.0 Å². The number of hydrogen-bond donors (Lipinski definition) is 2. The molecular formula is C15H13F3N2O4. The lowest BCUT2D eigenvalue weighted by Crippen LogP contribution is -2.39. The van der Waals surface area contributed by atoms with E-state index in [9.17, 15) is 27.9 Å². The summed E-state index contributed by atoms with van der Waals surface area (Å²) in [6.45, 7) is 0.0835. The monoisotopic (exact) mass is 342 g/mol. The molecule has 0 aliphatic carbocycles. The Morgan fingerprint density at radius 1 is 1.25 bits per heavy atom. The Bertz CT molecular complexity index is 809. The largest absolute Gasteiger partial charge is 0.465 e. The average Bonchev–Trinajstić information content (AvgIpc) is 2.98. The lowest BCUT2D eigenvalue weighted by atomic mass is 9.86. The first-order valence-corrected chi connectivity index (χ1v) is 7.19. The highest BCUT2D eigenvalue weighted by atomic mass is 19.2. The molecule has 0 unspecified atom stereocenters. The van der Waals surface area contributed by atoms with Gasteiger partial charge in [0, 0.05) is 18.5 Å². The Morgan fingerprint density at radius 3 is 2.46 bits per heavy atom. The van der Waals surface area contributed by atoms with Gasteiger partial charge < -0.3 is 14.5 Å². The number of amides is 1. The highest BCUT2D eigenvalue weighted by Crippen LogP contribution is 2.39. The van der Waals surface area contributed by atoms with Crippen LogP contribution in [-0.4, -0.2) is 27.8 Å². The van der Waals surface area contributed by atoms with E-state index in [0.29, 0.717) is 12.2 Å². The minimum Gasteiger partial charge on any atom is -0.465 e. The average molecular weight is 342 g/mol. The van der Waals surface area contributed by atoms with Crippen LogP contribution in [0.5, 0.6) is 0 Å². The van der Waals surface area contributed by atoms with E-state index in [1.165, 1.54) is 6.07 Å². The third-order valence-electron chi connectivity index (χ3n) is 4.18. The van der Waals surface area contributed by atoms with Crippen molar-refractivity contribution in [1.29, 1.82) is 0 Å². The van der Waals surface area contributed by atoms with Crippen molar-refractivity contribution in [3.63, 3.8) is 0 Å². The second-order valence-electron chi connectivity index (χ2n) is 5.63. The molecule has 2 atom stereocenters. The van der Waals surface area contributed by atoms with Crippen LogP contribution in [0.1, 0.15) is 36.1 Å². The van der Waals surface area contributed by atoms with Gasteiger partial charge in [-0.3, -0.25) is 4.79 Å². The second-order valence-corrected chi connectivity index (χ2v) is 5.63. The zero-order valence-corrected chi connectivity index (χ0v) is 12.3. The predicted molar refractivity (Wildman–Crippen MR) is 75.1 cm³/mol. The van der Waals surface area contributed by atoms with Crippen molar-refractivity contribution >= 4 is 6.09 Å². The van der Waals surface area contributed by atoms with Crippen LogP contribution >= 0.6 is 0 Å². The summed E-state index contributed by atoms with van der Waals surface area (Å²) >= 11 is 0. The van der Waals surface area contributed by atoms with Crippen molar-refractivity contribution in [2.75, 3.05) is 6.54 Å². The summed E-state index contributed by atoms with van der Waals surface area (Å²) in [4.78, 5) is 23.6. The molecule has 1 aliphatic heterocycles. The Kier molecular flexibility index (Phi) is 4.08. The van der Waals surface area contributed by atoms with E-state index in [-0.39, 0.29) is 24.4 Å². The Morgan fingerprint density at radius 2 is 1.92 bits per heavy atom. The van der Waals surface area contributed by atoms with Gasteiger partial charge in [-0.25, -0.2) is 18.0 Å². The second kappa shape index (κ2) is 6.06. The lowest BCUT2D eigenvalue weighted by Gasteiger charge is -2.37. The van der Waals surface area contributed by atoms with Crippen LogP contribution in [0.2, 0.25) is 0 Å². The number of benzene rings is 1. The molecule has 2 aromatic rings. The molecule has 1 amide bonds. The number of carbonyl (C=O) groups is 1. The molecule has 0 spiro atoms. The van der Waals surface area contributed by atoms with Crippen molar-refractivity contribution < 1.29 is 27.6 Å². The molecule has 6 nitrogen and oxygen atoms in total. The zero-order valence-electron chi connectivity index (χ0n) is 12.3. The Labute approximate surface area is 133 Å². The topological polar surface area (TPSA) is 86.5 Å². The maximum absolute atomic E-state index is 13.5. The van der Waals surface area contributed by atoms with Gasteiger partial charge in [-0.1, -0.05) is 0 Å². The third-order valence-corrected chi connectivity index (χ3v) is 4.18. The first-order chi connectivity index (χ1) is 11.4. The van der Waals surface area contributed by atoms with Crippen molar-refractivity contribution in [2.45, 2.75) is 24.8 Å². The summed E-state index contributed by atoms with van der Waals surface area (Å²) in [7, 11) is 0. The molecule has 2 N–H and O–H groups in total. The molecule has 1 aromatic carbocycles. The van der Waals surface area contributed by atoms with Crippen LogP contribution in [-0.2, 0) is 0 Å². The fourth-order valence-electron chi connectivity index (χ4n) is 3.03. The predicted octanol–water partition coefficient (Wildman–Crippen LogP) is 2.98. The van der Waals surface area contributed by atoms with Crippen molar-refractivity contribution in [3.8, 4) is 0 Å². The number of halogens is 3. The van der Waals surface area contributed by atoms with E-state index < -0.39 is 35.1 Å². The van der Waals surface area contributed by atoms with Gasteiger partial charge >= 0.3 is 6.09 Å². The number of hydrogen-bond acceptors (Lipinski definition) is 3. The Hall–Kier alpha value is -2.71. The minimum atomic E-state index is -1.61. The summed E-state index contributed by atoms with van der Waals surface area (Å²) in [5, 5.41) is 11.5. The van der Waals surface area contributed by atoms with E-state index in [4.69, 9.17) is 4.52 Å². The van der Waals surface area contributed by atoms with Crippen LogP contribution in [0.3, 0.4) is 0 Å². The highest BCUT2D eigenvalue weighted by Gasteiger charge is 2.35. The number of nitrogens with zero attached hydrogens (tertiary/aromatic N) is 1. The number of aromatic amines is 1. The maximum Gasteiger partial charge on any atom is 0.407 e. The van der Waals surface area contributed by atoms with E-state index in [1.807, 2.05) is 0 Å². The molecule has 1 aromatic heterocycles. The van der Waals surface area contributed by atoms with Crippen LogP contribution < -0.4 is 5.56 Å². The van der Waals surface area contributed by atoms with Gasteiger partial charge in [0.25, 0.3) is 5.56 Å². The van der Waals surface area contributed by atoms with E-state index in [1.54, 1.807) is 0 Å². The van der Waals surface area contributed by atoms with Gasteiger partial charge in [-0.05, 0) is 30.5 Å². The lowest BCUT2D eigenvalue weighted by molar-refractivity contribution is 0.0965.